The quantitative estimate of drug-likeness (QED) is 0.610. The summed E-state index contributed by atoms with van der Waals surface area (Å²) in [5.41, 5.74) is 0. The van der Waals surface area contributed by atoms with E-state index in [9.17, 15) is 10.1 Å². The van der Waals surface area contributed by atoms with Gasteiger partial charge in [-0.15, -0.1) is 16.4 Å². The van der Waals surface area contributed by atoms with Crippen LogP contribution in [0, 0.1) is 10.1 Å². The van der Waals surface area contributed by atoms with E-state index in [4.69, 9.17) is 9.47 Å². The number of hydrogen-bond donors (Lipinski definition) is 0. The minimum Gasteiger partial charge on any atom is -0.358 e. The van der Waals surface area contributed by atoms with Gasteiger partial charge in [0.05, 0.1) is 23.2 Å². The Balaban J connectivity index is 1.75. The first-order chi connectivity index (χ1) is 9.57. The zero-order chi connectivity index (χ0) is 14.2. The Hall–Kier alpha value is -1.91. The standard InChI is InChI=1S/C10H11N5O4S/c1-10(18-2-3-19-10)9-11-4-7(20-9)6-14-12-5-8(13-14)15(16)17/h4-5H,2-3,6H2,1H3. The molecule has 1 aliphatic heterocycles. The molecule has 1 aliphatic rings. The van der Waals surface area contributed by atoms with Crippen LogP contribution in [0.15, 0.2) is 12.4 Å². The number of aromatic nitrogens is 4. The maximum Gasteiger partial charge on any atom is 0.410 e. The van der Waals surface area contributed by atoms with Crippen LogP contribution in [0.1, 0.15) is 16.8 Å². The topological polar surface area (TPSA) is 105 Å². The van der Waals surface area contributed by atoms with E-state index in [1.807, 2.05) is 6.92 Å². The first-order valence-corrected chi connectivity index (χ1v) is 6.66. The average Bonchev–Trinajstić information content (AvgIpc) is 3.10. The van der Waals surface area contributed by atoms with Crippen molar-refractivity contribution in [3.05, 3.63) is 32.4 Å². The lowest BCUT2D eigenvalue weighted by atomic mass is 10.3. The van der Waals surface area contributed by atoms with Gasteiger partial charge in [-0.3, -0.25) is 0 Å². The number of nitrogens with zero attached hydrogens (tertiary/aromatic N) is 5. The van der Waals surface area contributed by atoms with Gasteiger partial charge >= 0.3 is 5.82 Å². The summed E-state index contributed by atoms with van der Waals surface area (Å²) in [6.45, 7) is 3.22. The maximum atomic E-state index is 10.5. The Kier molecular flexibility index (Phi) is 3.20. The van der Waals surface area contributed by atoms with E-state index < -0.39 is 10.7 Å². The second-order valence-corrected chi connectivity index (χ2v) is 5.38. The molecule has 2 aromatic heterocycles. The molecule has 0 radical (unpaired) electrons. The van der Waals surface area contributed by atoms with Crippen LogP contribution in [0.2, 0.25) is 0 Å². The molecule has 0 aliphatic carbocycles. The van der Waals surface area contributed by atoms with E-state index in [1.54, 1.807) is 6.20 Å². The average molecular weight is 297 g/mol. The number of thiazole rings is 1. The van der Waals surface area contributed by atoms with Gasteiger partial charge in [-0.2, -0.15) is 0 Å². The maximum absolute atomic E-state index is 10.5. The number of rotatable bonds is 4. The summed E-state index contributed by atoms with van der Waals surface area (Å²) in [5, 5.41) is 18.8. The molecule has 0 N–H and O–H groups in total. The largest absolute Gasteiger partial charge is 0.410 e. The highest BCUT2D eigenvalue weighted by molar-refractivity contribution is 7.11. The first kappa shape index (κ1) is 13.1. The molecular formula is C10H11N5O4S. The van der Waals surface area contributed by atoms with Gasteiger partial charge in [0, 0.05) is 6.20 Å². The van der Waals surface area contributed by atoms with Gasteiger partial charge in [0.15, 0.2) is 11.2 Å². The zero-order valence-corrected chi connectivity index (χ0v) is 11.4. The lowest BCUT2D eigenvalue weighted by Gasteiger charge is -2.18. The molecule has 0 amide bonds. The van der Waals surface area contributed by atoms with Crippen LogP contribution >= 0.6 is 11.3 Å². The number of hydrogen-bond acceptors (Lipinski definition) is 8. The van der Waals surface area contributed by atoms with Crippen molar-refractivity contribution in [2.24, 2.45) is 0 Å². The third-order valence-electron chi connectivity index (χ3n) is 2.79. The fraction of sp³-hybridized carbons (Fsp3) is 0.500. The molecule has 0 bridgehead atoms. The lowest BCUT2D eigenvalue weighted by molar-refractivity contribution is -0.389. The fourth-order valence-corrected chi connectivity index (χ4v) is 2.76. The van der Waals surface area contributed by atoms with Crippen LogP contribution in [0.4, 0.5) is 5.82 Å². The van der Waals surface area contributed by atoms with E-state index in [2.05, 4.69) is 15.2 Å². The van der Waals surface area contributed by atoms with Gasteiger partial charge in [-0.05, 0) is 11.8 Å². The lowest BCUT2D eigenvalue weighted by Crippen LogP contribution is -2.21. The first-order valence-electron chi connectivity index (χ1n) is 5.84. The minimum atomic E-state index is -0.799. The summed E-state index contributed by atoms with van der Waals surface area (Å²) in [4.78, 5) is 16.4. The van der Waals surface area contributed by atoms with Crippen molar-refractivity contribution in [2.45, 2.75) is 19.3 Å². The van der Waals surface area contributed by atoms with Gasteiger partial charge in [-0.25, -0.2) is 4.98 Å². The Morgan fingerprint density at radius 3 is 2.90 bits per heavy atom. The summed E-state index contributed by atoms with van der Waals surface area (Å²) >= 11 is 1.41. The predicted molar refractivity (Wildman–Crippen MR) is 67.1 cm³/mol. The van der Waals surface area contributed by atoms with Crippen molar-refractivity contribution in [1.29, 1.82) is 0 Å². The van der Waals surface area contributed by atoms with Crippen LogP contribution in [-0.4, -0.2) is 38.1 Å². The molecule has 0 unspecified atom stereocenters. The second-order valence-electron chi connectivity index (χ2n) is 4.26. The van der Waals surface area contributed by atoms with Crippen LogP contribution in [0.3, 0.4) is 0 Å². The predicted octanol–water partition coefficient (Wildman–Crippen LogP) is 0.911. The summed E-state index contributed by atoms with van der Waals surface area (Å²) < 4.78 is 11.0. The normalized spacial score (nSPS) is 17.4. The molecule has 0 aromatic carbocycles. The Bertz CT molecular complexity index is 633. The molecule has 9 nitrogen and oxygen atoms in total. The van der Waals surface area contributed by atoms with E-state index in [1.165, 1.54) is 16.1 Å². The Morgan fingerprint density at radius 1 is 1.50 bits per heavy atom. The monoisotopic (exact) mass is 297 g/mol. The van der Waals surface area contributed by atoms with Crippen molar-refractivity contribution in [3.63, 3.8) is 0 Å². The van der Waals surface area contributed by atoms with Crippen molar-refractivity contribution in [1.82, 2.24) is 20.0 Å². The van der Waals surface area contributed by atoms with Crippen molar-refractivity contribution in [3.8, 4) is 0 Å². The third kappa shape index (κ3) is 2.40. The van der Waals surface area contributed by atoms with Crippen LogP contribution in [0.25, 0.3) is 0 Å². The molecule has 2 aromatic rings. The van der Waals surface area contributed by atoms with Crippen LogP contribution < -0.4 is 0 Å². The molecule has 1 saturated heterocycles. The molecule has 1 fully saturated rings. The van der Waals surface area contributed by atoms with Gasteiger partial charge < -0.3 is 19.6 Å². The SMILES string of the molecule is CC1(c2ncc(Cn3ncc([N+](=O)[O-])n3)s2)OCCO1. The Labute approximate surface area is 117 Å². The molecule has 0 spiro atoms. The molecule has 10 heteroatoms. The second kappa shape index (κ2) is 4.89. The molecule has 3 heterocycles. The molecule has 106 valence electrons. The third-order valence-corrected chi connectivity index (χ3v) is 3.96. The molecular weight excluding hydrogens is 286 g/mol. The van der Waals surface area contributed by atoms with Gasteiger partial charge in [0.2, 0.25) is 5.79 Å². The van der Waals surface area contributed by atoms with Crippen molar-refractivity contribution < 1.29 is 14.4 Å². The number of nitro groups is 1. The number of ether oxygens (including phenoxy) is 2. The highest BCUT2D eigenvalue weighted by Gasteiger charge is 2.36. The van der Waals surface area contributed by atoms with Gasteiger partial charge in [-0.1, -0.05) is 4.80 Å². The molecule has 3 rings (SSSR count). The highest BCUT2D eigenvalue weighted by Crippen LogP contribution is 2.33. The summed E-state index contributed by atoms with van der Waals surface area (Å²) in [6.07, 6.45) is 2.79. The van der Waals surface area contributed by atoms with Gasteiger partial charge in [0.25, 0.3) is 0 Å². The van der Waals surface area contributed by atoms with E-state index in [-0.39, 0.29) is 5.82 Å². The van der Waals surface area contributed by atoms with E-state index in [0.717, 1.165) is 11.1 Å². The molecule has 0 atom stereocenters. The van der Waals surface area contributed by atoms with Crippen molar-refractivity contribution >= 4 is 17.2 Å². The smallest absolute Gasteiger partial charge is 0.358 e. The minimum absolute atomic E-state index is 0.274. The summed E-state index contributed by atoms with van der Waals surface area (Å²) in [5.74, 6) is -1.07. The highest BCUT2D eigenvalue weighted by atomic mass is 32.1. The van der Waals surface area contributed by atoms with E-state index >= 15 is 0 Å². The van der Waals surface area contributed by atoms with Crippen molar-refractivity contribution in [2.75, 3.05) is 13.2 Å². The molecule has 0 saturated carbocycles. The van der Waals surface area contributed by atoms with E-state index in [0.29, 0.717) is 24.8 Å². The zero-order valence-electron chi connectivity index (χ0n) is 10.6. The molecule has 20 heavy (non-hydrogen) atoms. The van der Waals surface area contributed by atoms with Crippen LogP contribution in [-0.2, 0) is 21.8 Å². The fourth-order valence-electron chi connectivity index (χ4n) is 1.82. The van der Waals surface area contributed by atoms with Gasteiger partial charge in [0.1, 0.15) is 6.54 Å². The summed E-state index contributed by atoms with van der Waals surface area (Å²) in [6, 6.07) is 0. The van der Waals surface area contributed by atoms with Crippen LogP contribution in [0.5, 0.6) is 0 Å². The summed E-state index contributed by atoms with van der Waals surface area (Å²) in [7, 11) is 0. The Morgan fingerprint density at radius 2 is 2.25 bits per heavy atom.